The molecule has 122 valence electrons. The van der Waals surface area contributed by atoms with Gasteiger partial charge in [-0.15, -0.1) is 0 Å². The number of allylic oxidation sites excluding steroid dienone is 1. The van der Waals surface area contributed by atoms with Crippen molar-refractivity contribution < 1.29 is 0 Å². The lowest BCUT2D eigenvalue weighted by molar-refractivity contribution is 0.871. The third-order valence-electron chi connectivity index (χ3n) is 3.89. The zero-order valence-corrected chi connectivity index (χ0v) is 13.4. The predicted octanol–water partition coefficient (Wildman–Crippen LogP) is 3.32. The zero-order chi connectivity index (χ0) is 17.6. The smallest absolute Gasteiger partial charge is 0.256 e. The van der Waals surface area contributed by atoms with Crippen LogP contribution in [0.25, 0.3) is 22.0 Å². The Hall–Kier alpha value is -3.65. The van der Waals surface area contributed by atoms with E-state index in [0.717, 1.165) is 11.1 Å². The Kier molecular flexibility index (Phi) is 4.72. The van der Waals surface area contributed by atoms with Crippen molar-refractivity contribution in [3.8, 4) is 17.3 Å². The highest BCUT2D eigenvalue weighted by atomic mass is 16.1. The summed E-state index contributed by atoms with van der Waals surface area (Å²) < 4.78 is 0. The van der Waals surface area contributed by atoms with Gasteiger partial charge in [0.15, 0.2) is 0 Å². The molecule has 1 heterocycles. The number of nitrogens with zero attached hydrogens (tertiary/aromatic N) is 1. The number of hydrogen-bond acceptors (Lipinski definition) is 4. The molecule has 1 aromatic heterocycles. The van der Waals surface area contributed by atoms with Gasteiger partial charge in [-0.25, -0.2) is 0 Å². The molecular formula is C20H16N4O. The van der Waals surface area contributed by atoms with Crippen molar-refractivity contribution in [2.24, 2.45) is 0 Å². The maximum Gasteiger partial charge on any atom is 0.256 e. The molecule has 5 heteroatoms. The van der Waals surface area contributed by atoms with Crippen LogP contribution in [0, 0.1) is 16.7 Å². The van der Waals surface area contributed by atoms with Gasteiger partial charge in [0.25, 0.3) is 5.56 Å². The number of benzene rings is 2. The summed E-state index contributed by atoms with van der Waals surface area (Å²) >= 11 is 0. The second kappa shape index (κ2) is 7.28. The van der Waals surface area contributed by atoms with Gasteiger partial charge >= 0.3 is 0 Å². The van der Waals surface area contributed by atoms with Crippen LogP contribution in [0.15, 0.2) is 65.6 Å². The van der Waals surface area contributed by atoms with Crippen LogP contribution in [-0.4, -0.2) is 11.2 Å². The lowest BCUT2D eigenvalue weighted by atomic mass is 10.0. The van der Waals surface area contributed by atoms with Gasteiger partial charge in [0, 0.05) is 29.2 Å². The number of H-pyrrole nitrogens is 1. The number of hydrogen-bond donors (Lipinski definition) is 3. The summed E-state index contributed by atoms with van der Waals surface area (Å²) in [5, 5.41) is 20.4. The minimum atomic E-state index is -0.202. The monoisotopic (exact) mass is 328 g/mol. The van der Waals surface area contributed by atoms with Gasteiger partial charge in [0.1, 0.15) is 0 Å². The number of nitrogens with one attached hydrogen (secondary N) is 3. The topological polar surface area (TPSA) is 92.5 Å². The van der Waals surface area contributed by atoms with Crippen LogP contribution in [0.5, 0.6) is 0 Å². The van der Waals surface area contributed by atoms with E-state index in [1.165, 1.54) is 6.21 Å². The molecule has 0 aliphatic carbocycles. The fourth-order valence-corrected chi connectivity index (χ4v) is 2.64. The van der Waals surface area contributed by atoms with E-state index in [0.29, 0.717) is 28.6 Å². The van der Waals surface area contributed by atoms with Gasteiger partial charge in [-0.2, -0.15) is 5.26 Å². The number of nitriles is 1. The van der Waals surface area contributed by atoms with Crippen LogP contribution >= 0.6 is 0 Å². The molecule has 0 atom stereocenters. The van der Waals surface area contributed by atoms with Crippen LogP contribution in [0.2, 0.25) is 0 Å². The van der Waals surface area contributed by atoms with Crippen molar-refractivity contribution in [1.82, 2.24) is 10.3 Å². The minimum Gasteiger partial charge on any atom is -0.387 e. The Balaban J connectivity index is 1.94. The Morgan fingerprint density at radius 3 is 2.68 bits per heavy atom. The molecule has 5 nitrogen and oxygen atoms in total. The van der Waals surface area contributed by atoms with E-state index in [4.69, 9.17) is 5.41 Å². The van der Waals surface area contributed by atoms with E-state index in [-0.39, 0.29) is 5.56 Å². The lowest BCUT2D eigenvalue weighted by Crippen LogP contribution is -2.08. The molecule has 25 heavy (non-hydrogen) atoms. The first kappa shape index (κ1) is 16.2. The Labute approximate surface area is 144 Å². The van der Waals surface area contributed by atoms with Crippen molar-refractivity contribution >= 4 is 17.0 Å². The Morgan fingerprint density at radius 1 is 1.16 bits per heavy atom. The standard InChI is InChI=1S/C20H16N4O/c21-9-2-10-23-13-14-5-7-15(8-6-14)19-11-18-16(12-22)3-1-4-17(18)20(25)24-19/h1-11,21,23H,13H2,(H,24,25)/b10-2-,21-9?. The zero-order valence-electron chi connectivity index (χ0n) is 13.4. The van der Waals surface area contributed by atoms with Gasteiger partial charge in [0.2, 0.25) is 0 Å². The fraction of sp³-hybridized carbons (Fsp3) is 0.0500. The molecule has 0 unspecified atom stereocenters. The predicted molar refractivity (Wildman–Crippen MR) is 99.5 cm³/mol. The number of pyridine rings is 1. The molecule has 0 fully saturated rings. The number of aromatic nitrogens is 1. The normalized spacial score (nSPS) is 10.7. The van der Waals surface area contributed by atoms with E-state index in [1.807, 2.05) is 30.3 Å². The molecule has 0 saturated carbocycles. The molecule has 0 amide bonds. The van der Waals surface area contributed by atoms with Gasteiger partial charge in [-0.3, -0.25) is 4.79 Å². The molecule has 0 saturated heterocycles. The highest BCUT2D eigenvalue weighted by molar-refractivity contribution is 5.89. The molecule has 2 aromatic carbocycles. The quantitative estimate of drug-likeness (QED) is 0.627. The number of fused-ring (bicyclic) bond motifs is 1. The average molecular weight is 328 g/mol. The van der Waals surface area contributed by atoms with Crippen molar-refractivity contribution in [3.63, 3.8) is 0 Å². The molecule has 0 radical (unpaired) electrons. The van der Waals surface area contributed by atoms with Crippen molar-refractivity contribution in [3.05, 3.63) is 82.3 Å². The highest BCUT2D eigenvalue weighted by Gasteiger charge is 2.07. The summed E-state index contributed by atoms with van der Waals surface area (Å²) in [4.78, 5) is 15.2. The lowest BCUT2D eigenvalue weighted by Gasteiger charge is -2.07. The van der Waals surface area contributed by atoms with Crippen LogP contribution in [-0.2, 0) is 6.54 Å². The highest BCUT2D eigenvalue weighted by Crippen LogP contribution is 2.22. The number of rotatable bonds is 5. The van der Waals surface area contributed by atoms with E-state index in [2.05, 4.69) is 16.4 Å². The van der Waals surface area contributed by atoms with Crippen molar-refractivity contribution in [2.45, 2.75) is 6.54 Å². The third kappa shape index (κ3) is 3.48. The first-order valence-electron chi connectivity index (χ1n) is 7.77. The Bertz CT molecular complexity index is 1040. The average Bonchev–Trinajstić information content (AvgIpc) is 2.65. The largest absolute Gasteiger partial charge is 0.387 e. The van der Waals surface area contributed by atoms with Gasteiger partial charge < -0.3 is 15.7 Å². The van der Waals surface area contributed by atoms with E-state index >= 15 is 0 Å². The van der Waals surface area contributed by atoms with Crippen LogP contribution in [0.1, 0.15) is 11.1 Å². The first-order chi connectivity index (χ1) is 12.2. The van der Waals surface area contributed by atoms with E-state index < -0.39 is 0 Å². The van der Waals surface area contributed by atoms with Gasteiger partial charge in [-0.05, 0) is 41.6 Å². The SMILES string of the molecule is N#Cc1cccc2c(=O)[nH]c(-c3ccc(CN/C=C\C=N)cc3)cc12. The summed E-state index contributed by atoms with van der Waals surface area (Å²) in [6.07, 6.45) is 4.54. The van der Waals surface area contributed by atoms with Crippen LogP contribution < -0.4 is 10.9 Å². The van der Waals surface area contributed by atoms with Gasteiger partial charge in [0.05, 0.1) is 11.6 Å². The minimum absolute atomic E-state index is 0.202. The summed E-state index contributed by atoms with van der Waals surface area (Å²) in [6.45, 7) is 0.650. The molecule has 0 bridgehead atoms. The van der Waals surface area contributed by atoms with Crippen LogP contribution in [0.4, 0.5) is 0 Å². The van der Waals surface area contributed by atoms with Crippen molar-refractivity contribution in [1.29, 1.82) is 10.7 Å². The van der Waals surface area contributed by atoms with Gasteiger partial charge in [-0.1, -0.05) is 30.3 Å². The summed E-state index contributed by atoms with van der Waals surface area (Å²) in [6, 6.07) is 16.9. The molecule has 0 spiro atoms. The number of aromatic amines is 1. The summed E-state index contributed by atoms with van der Waals surface area (Å²) in [7, 11) is 0. The van der Waals surface area contributed by atoms with E-state index in [1.54, 1.807) is 30.5 Å². The molecular weight excluding hydrogens is 312 g/mol. The molecule has 3 aromatic rings. The molecule has 0 aliphatic heterocycles. The maximum absolute atomic E-state index is 12.3. The fourth-order valence-electron chi connectivity index (χ4n) is 2.64. The maximum atomic E-state index is 12.3. The molecule has 3 rings (SSSR count). The second-order valence-corrected chi connectivity index (χ2v) is 5.49. The Morgan fingerprint density at radius 2 is 1.96 bits per heavy atom. The summed E-state index contributed by atoms with van der Waals surface area (Å²) in [5.74, 6) is 0. The molecule has 3 N–H and O–H groups in total. The third-order valence-corrected chi connectivity index (χ3v) is 3.89. The second-order valence-electron chi connectivity index (χ2n) is 5.49. The van der Waals surface area contributed by atoms with Crippen molar-refractivity contribution in [2.75, 3.05) is 0 Å². The first-order valence-corrected chi connectivity index (χ1v) is 7.77. The van der Waals surface area contributed by atoms with Crippen LogP contribution in [0.3, 0.4) is 0 Å². The molecule has 0 aliphatic rings. The summed E-state index contributed by atoms with van der Waals surface area (Å²) in [5.41, 5.74) is 2.93. The van der Waals surface area contributed by atoms with E-state index in [9.17, 15) is 10.1 Å².